The summed E-state index contributed by atoms with van der Waals surface area (Å²) in [5.74, 6) is 0.278. The lowest BCUT2D eigenvalue weighted by Gasteiger charge is -2.29. The maximum Gasteiger partial charge on any atom is 0.272 e. The first-order chi connectivity index (χ1) is 12.2. The second kappa shape index (κ2) is 8.03. The molecule has 144 valence electrons. The van der Waals surface area contributed by atoms with Crippen molar-refractivity contribution in [1.29, 1.82) is 0 Å². The second-order valence-corrected chi connectivity index (χ2v) is 7.90. The zero-order valence-corrected chi connectivity index (χ0v) is 16.7. The molecular weight excluding hydrogens is 330 g/mol. The van der Waals surface area contributed by atoms with Gasteiger partial charge in [0.15, 0.2) is 5.69 Å². The lowest BCUT2D eigenvalue weighted by molar-refractivity contribution is -0.124. The molecule has 0 saturated heterocycles. The van der Waals surface area contributed by atoms with E-state index < -0.39 is 11.5 Å². The Balaban J connectivity index is 2.40. The number of carbonyl (C=O) groups is 2. The van der Waals surface area contributed by atoms with E-state index in [9.17, 15) is 9.59 Å². The highest BCUT2D eigenvalue weighted by Crippen LogP contribution is 2.22. The molecular formula is C19H31N5O2. The summed E-state index contributed by atoms with van der Waals surface area (Å²) in [5, 5.41) is 5.53. The van der Waals surface area contributed by atoms with Gasteiger partial charge in [-0.05, 0) is 38.4 Å². The number of carbonyl (C=O) groups excluding carboxylic acids is 2. The van der Waals surface area contributed by atoms with E-state index >= 15 is 0 Å². The molecule has 2 N–H and O–H groups in total. The maximum absolute atomic E-state index is 13.0. The van der Waals surface area contributed by atoms with Gasteiger partial charge in [-0.2, -0.15) is 0 Å². The standard InChI is InChI=1S/C19H31N5O2/c1-7-9-14-21-15(13-12-23(6)10-8-11-24(13)14)17(25)22-16(18(26)20-5)19(2,3)4/h7,9,16H,8,10-12H2,1-6H3,(H,20,26)(H,22,25). The molecule has 7 heteroatoms. The Kier molecular flexibility index (Phi) is 6.23. The zero-order valence-electron chi connectivity index (χ0n) is 16.7. The van der Waals surface area contributed by atoms with Crippen molar-refractivity contribution in [2.45, 2.75) is 53.2 Å². The molecule has 0 saturated carbocycles. The minimum atomic E-state index is -0.633. The summed E-state index contributed by atoms with van der Waals surface area (Å²) in [6.45, 7) is 10.2. The van der Waals surface area contributed by atoms with Crippen LogP contribution in [0.15, 0.2) is 6.08 Å². The Labute approximate surface area is 155 Å². The number of rotatable bonds is 4. The third-order valence-corrected chi connectivity index (χ3v) is 4.62. The third kappa shape index (κ3) is 4.33. The number of likely N-dealkylation sites (N-methyl/N-ethyl adjacent to an activating group) is 1. The molecule has 0 aliphatic carbocycles. The van der Waals surface area contributed by atoms with Gasteiger partial charge in [-0.25, -0.2) is 4.98 Å². The van der Waals surface area contributed by atoms with Gasteiger partial charge >= 0.3 is 0 Å². The van der Waals surface area contributed by atoms with Crippen molar-refractivity contribution in [2.24, 2.45) is 5.41 Å². The van der Waals surface area contributed by atoms with Crippen LogP contribution in [0.2, 0.25) is 0 Å². The topological polar surface area (TPSA) is 79.3 Å². The number of aromatic nitrogens is 2. The predicted molar refractivity (Wildman–Crippen MR) is 103 cm³/mol. The number of fused-ring (bicyclic) bond motifs is 1. The number of hydrogen-bond donors (Lipinski definition) is 2. The lowest BCUT2D eigenvalue weighted by Crippen LogP contribution is -2.53. The van der Waals surface area contributed by atoms with E-state index in [0.29, 0.717) is 12.2 Å². The quantitative estimate of drug-likeness (QED) is 0.854. The van der Waals surface area contributed by atoms with Crippen molar-refractivity contribution in [3.05, 3.63) is 23.3 Å². The zero-order chi connectivity index (χ0) is 19.5. The first-order valence-corrected chi connectivity index (χ1v) is 9.12. The van der Waals surface area contributed by atoms with Crippen LogP contribution in [0.3, 0.4) is 0 Å². The van der Waals surface area contributed by atoms with Crippen LogP contribution in [0.1, 0.15) is 56.1 Å². The number of hydrogen-bond acceptors (Lipinski definition) is 4. The first kappa shape index (κ1) is 20.2. The van der Waals surface area contributed by atoms with Crippen LogP contribution in [-0.2, 0) is 17.9 Å². The predicted octanol–water partition coefficient (Wildman–Crippen LogP) is 1.64. The maximum atomic E-state index is 13.0. The molecule has 2 rings (SSSR count). The summed E-state index contributed by atoms with van der Waals surface area (Å²) >= 11 is 0. The van der Waals surface area contributed by atoms with Crippen LogP contribution in [0.4, 0.5) is 0 Å². The van der Waals surface area contributed by atoms with E-state index in [1.54, 1.807) is 7.05 Å². The van der Waals surface area contributed by atoms with E-state index in [4.69, 9.17) is 0 Å². The molecule has 0 aromatic carbocycles. The van der Waals surface area contributed by atoms with Gasteiger partial charge in [-0.15, -0.1) is 0 Å². The summed E-state index contributed by atoms with van der Waals surface area (Å²) in [5.41, 5.74) is 0.903. The van der Waals surface area contributed by atoms with Crippen molar-refractivity contribution in [3.63, 3.8) is 0 Å². The van der Waals surface area contributed by atoms with E-state index in [1.807, 2.05) is 46.9 Å². The highest BCUT2D eigenvalue weighted by Gasteiger charge is 2.34. The molecule has 2 heterocycles. The SMILES string of the molecule is CC=Cc1nc(C(=O)NC(C(=O)NC)C(C)(C)C)c2n1CCCN(C)C2. The van der Waals surface area contributed by atoms with Crippen LogP contribution < -0.4 is 10.6 Å². The monoisotopic (exact) mass is 361 g/mol. The van der Waals surface area contributed by atoms with E-state index in [0.717, 1.165) is 31.0 Å². The van der Waals surface area contributed by atoms with Crippen molar-refractivity contribution in [3.8, 4) is 0 Å². The lowest BCUT2D eigenvalue weighted by atomic mass is 9.86. The highest BCUT2D eigenvalue weighted by molar-refractivity contribution is 5.97. The second-order valence-electron chi connectivity index (χ2n) is 7.90. The minimum absolute atomic E-state index is 0.207. The number of imidazole rings is 1. The molecule has 7 nitrogen and oxygen atoms in total. The van der Waals surface area contributed by atoms with E-state index in [-0.39, 0.29) is 11.8 Å². The van der Waals surface area contributed by atoms with Gasteiger partial charge in [0, 0.05) is 20.1 Å². The average molecular weight is 361 g/mol. The molecule has 0 fully saturated rings. The van der Waals surface area contributed by atoms with Crippen LogP contribution in [0.5, 0.6) is 0 Å². The molecule has 1 atom stereocenters. The van der Waals surface area contributed by atoms with Crippen molar-refractivity contribution in [2.75, 3.05) is 20.6 Å². The van der Waals surface area contributed by atoms with Crippen molar-refractivity contribution >= 4 is 17.9 Å². The molecule has 0 bridgehead atoms. The number of nitrogens with zero attached hydrogens (tertiary/aromatic N) is 3. The Morgan fingerprint density at radius 1 is 1.27 bits per heavy atom. The molecule has 1 unspecified atom stereocenters. The van der Waals surface area contributed by atoms with Gasteiger partial charge < -0.3 is 20.1 Å². The number of allylic oxidation sites excluding steroid dienone is 1. The van der Waals surface area contributed by atoms with Crippen LogP contribution in [0.25, 0.3) is 6.08 Å². The van der Waals surface area contributed by atoms with Gasteiger partial charge in [0.25, 0.3) is 5.91 Å². The molecule has 0 spiro atoms. The smallest absolute Gasteiger partial charge is 0.272 e. The fourth-order valence-corrected chi connectivity index (χ4v) is 3.23. The number of nitrogens with one attached hydrogen (secondary N) is 2. The summed E-state index contributed by atoms with van der Waals surface area (Å²) < 4.78 is 2.12. The normalized spacial score (nSPS) is 16.8. The van der Waals surface area contributed by atoms with Gasteiger partial charge in [0.2, 0.25) is 5.91 Å². The van der Waals surface area contributed by atoms with E-state index in [1.165, 1.54) is 0 Å². The Morgan fingerprint density at radius 2 is 1.96 bits per heavy atom. The molecule has 1 aromatic rings. The Hall–Kier alpha value is -2.15. The van der Waals surface area contributed by atoms with Crippen LogP contribution in [-0.4, -0.2) is 52.9 Å². The molecule has 26 heavy (non-hydrogen) atoms. The Morgan fingerprint density at radius 3 is 2.54 bits per heavy atom. The van der Waals surface area contributed by atoms with Crippen molar-refractivity contribution in [1.82, 2.24) is 25.1 Å². The Bertz CT molecular complexity index is 700. The largest absolute Gasteiger partial charge is 0.357 e. The van der Waals surface area contributed by atoms with Gasteiger partial charge in [-0.3, -0.25) is 9.59 Å². The number of amides is 2. The summed E-state index contributed by atoms with van der Waals surface area (Å²) in [4.78, 5) is 32.1. The third-order valence-electron chi connectivity index (χ3n) is 4.62. The van der Waals surface area contributed by atoms with Gasteiger partial charge in [0.1, 0.15) is 11.9 Å². The summed E-state index contributed by atoms with van der Waals surface area (Å²) in [6, 6.07) is -0.633. The fourth-order valence-electron chi connectivity index (χ4n) is 3.23. The average Bonchev–Trinajstić information content (AvgIpc) is 2.76. The first-order valence-electron chi connectivity index (χ1n) is 9.12. The van der Waals surface area contributed by atoms with Crippen LogP contribution in [0, 0.1) is 5.41 Å². The molecule has 1 aliphatic rings. The highest BCUT2D eigenvalue weighted by atomic mass is 16.2. The van der Waals surface area contributed by atoms with Crippen LogP contribution >= 0.6 is 0 Å². The summed E-state index contributed by atoms with van der Waals surface area (Å²) in [6.07, 6.45) is 4.86. The molecule has 2 amide bonds. The fraction of sp³-hybridized carbons (Fsp3) is 0.632. The summed E-state index contributed by atoms with van der Waals surface area (Å²) in [7, 11) is 3.62. The molecule has 0 radical (unpaired) electrons. The molecule has 1 aliphatic heterocycles. The van der Waals surface area contributed by atoms with Crippen molar-refractivity contribution < 1.29 is 9.59 Å². The van der Waals surface area contributed by atoms with Gasteiger partial charge in [0.05, 0.1) is 5.69 Å². The van der Waals surface area contributed by atoms with Gasteiger partial charge in [-0.1, -0.05) is 26.8 Å². The minimum Gasteiger partial charge on any atom is -0.357 e. The molecule has 1 aromatic heterocycles. The van der Waals surface area contributed by atoms with E-state index in [2.05, 4.69) is 25.1 Å².